The monoisotopic (exact) mass is 356 g/mol. The number of nitrogens with zero attached hydrogens (tertiary/aromatic N) is 1. The molecule has 6 heteroatoms. The molecule has 0 atom stereocenters. The predicted molar refractivity (Wildman–Crippen MR) is 98.0 cm³/mol. The van der Waals surface area contributed by atoms with E-state index in [1.54, 1.807) is 37.3 Å². The normalized spacial score (nSPS) is 10.6. The highest BCUT2D eigenvalue weighted by Crippen LogP contribution is 2.20. The van der Waals surface area contributed by atoms with E-state index in [-0.39, 0.29) is 18.4 Å². The second-order valence-electron chi connectivity index (χ2n) is 5.49. The number of rotatable bonds is 5. The summed E-state index contributed by atoms with van der Waals surface area (Å²) in [6, 6.07) is 14.1. The Labute approximate surface area is 150 Å². The zero-order valence-electron chi connectivity index (χ0n) is 13.7. The number of hydrogen-bond acceptors (Lipinski definition) is 3. The maximum absolute atomic E-state index is 12.3. The van der Waals surface area contributed by atoms with Gasteiger partial charge in [0, 0.05) is 27.8 Å². The molecule has 2 aromatic carbocycles. The number of esters is 1. The number of carbonyl (C=O) groups is 2. The van der Waals surface area contributed by atoms with E-state index in [2.05, 4.69) is 5.32 Å². The summed E-state index contributed by atoms with van der Waals surface area (Å²) >= 11 is 5.97. The SMILES string of the molecule is CCOC(=O)c1ccc(NC(=O)Cn2ccc3cc(Cl)ccc32)cc1. The number of aromatic nitrogens is 1. The van der Waals surface area contributed by atoms with Crippen molar-refractivity contribution in [2.45, 2.75) is 13.5 Å². The van der Waals surface area contributed by atoms with Gasteiger partial charge in [0.1, 0.15) is 6.54 Å². The molecule has 0 bridgehead atoms. The van der Waals surface area contributed by atoms with Gasteiger partial charge in [-0.25, -0.2) is 4.79 Å². The van der Waals surface area contributed by atoms with Crippen LogP contribution in [0.4, 0.5) is 5.69 Å². The first kappa shape index (κ1) is 17.0. The highest BCUT2D eigenvalue weighted by Gasteiger charge is 2.09. The molecule has 5 nitrogen and oxygen atoms in total. The molecule has 0 saturated carbocycles. The molecule has 3 rings (SSSR count). The minimum atomic E-state index is -0.377. The zero-order chi connectivity index (χ0) is 17.8. The van der Waals surface area contributed by atoms with Crippen molar-refractivity contribution >= 4 is 40.1 Å². The number of halogens is 1. The van der Waals surface area contributed by atoms with Crippen LogP contribution in [0.25, 0.3) is 10.9 Å². The second-order valence-corrected chi connectivity index (χ2v) is 5.93. The van der Waals surface area contributed by atoms with Crippen LogP contribution in [0.1, 0.15) is 17.3 Å². The second kappa shape index (κ2) is 7.40. The number of ether oxygens (including phenoxy) is 1. The van der Waals surface area contributed by atoms with Crippen molar-refractivity contribution in [2.24, 2.45) is 0 Å². The van der Waals surface area contributed by atoms with Crippen molar-refractivity contribution in [3.63, 3.8) is 0 Å². The van der Waals surface area contributed by atoms with E-state index < -0.39 is 0 Å². The maximum Gasteiger partial charge on any atom is 0.338 e. The van der Waals surface area contributed by atoms with Gasteiger partial charge in [-0.1, -0.05) is 11.6 Å². The quantitative estimate of drug-likeness (QED) is 0.700. The number of benzene rings is 2. The predicted octanol–water partition coefficient (Wildman–Crippen LogP) is 4.11. The summed E-state index contributed by atoms with van der Waals surface area (Å²) in [7, 11) is 0. The Bertz CT molecular complexity index is 916. The molecule has 128 valence electrons. The molecule has 1 amide bonds. The summed E-state index contributed by atoms with van der Waals surface area (Å²) in [5.74, 6) is -0.533. The van der Waals surface area contributed by atoms with E-state index in [0.717, 1.165) is 10.9 Å². The summed E-state index contributed by atoms with van der Waals surface area (Å²) in [5.41, 5.74) is 2.02. The van der Waals surface area contributed by atoms with Crippen LogP contribution >= 0.6 is 11.6 Å². The Kier molecular flexibility index (Phi) is 5.05. The number of nitrogens with one attached hydrogen (secondary N) is 1. The van der Waals surface area contributed by atoms with E-state index in [9.17, 15) is 9.59 Å². The molecule has 0 spiro atoms. The Morgan fingerprint density at radius 2 is 1.88 bits per heavy atom. The molecule has 0 aliphatic rings. The lowest BCUT2D eigenvalue weighted by atomic mass is 10.2. The number of hydrogen-bond donors (Lipinski definition) is 1. The summed E-state index contributed by atoms with van der Waals surface area (Å²) in [4.78, 5) is 23.9. The first-order valence-electron chi connectivity index (χ1n) is 7.88. The summed E-state index contributed by atoms with van der Waals surface area (Å²) in [5, 5.41) is 4.47. The third-order valence-electron chi connectivity index (χ3n) is 3.73. The largest absolute Gasteiger partial charge is 0.462 e. The number of carbonyl (C=O) groups excluding carboxylic acids is 2. The zero-order valence-corrected chi connectivity index (χ0v) is 14.4. The van der Waals surface area contributed by atoms with Crippen LogP contribution in [0.5, 0.6) is 0 Å². The van der Waals surface area contributed by atoms with Crippen molar-refractivity contribution in [3.8, 4) is 0 Å². The third kappa shape index (κ3) is 4.00. The molecular formula is C19H17ClN2O3. The van der Waals surface area contributed by atoms with Gasteiger partial charge in [0.2, 0.25) is 5.91 Å². The minimum Gasteiger partial charge on any atom is -0.462 e. The molecule has 0 unspecified atom stereocenters. The van der Waals surface area contributed by atoms with Crippen LogP contribution in [0, 0.1) is 0 Å². The first-order chi connectivity index (χ1) is 12.1. The van der Waals surface area contributed by atoms with Crippen LogP contribution < -0.4 is 5.32 Å². The maximum atomic E-state index is 12.3. The topological polar surface area (TPSA) is 60.3 Å². The fourth-order valence-corrected chi connectivity index (χ4v) is 2.75. The van der Waals surface area contributed by atoms with Crippen molar-refractivity contribution in [1.82, 2.24) is 4.57 Å². The molecule has 0 aliphatic carbocycles. The van der Waals surface area contributed by atoms with Gasteiger partial charge in [-0.05, 0) is 55.5 Å². The summed E-state index contributed by atoms with van der Waals surface area (Å²) < 4.78 is 6.78. The van der Waals surface area contributed by atoms with E-state index in [1.165, 1.54) is 0 Å². The molecule has 3 aromatic rings. The van der Waals surface area contributed by atoms with Crippen LogP contribution in [0.3, 0.4) is 0 Å². The lowest BCUT2D eigenvalue weighted by Crippen LogP contribution is -2.18. The lowest BCUT2D eigenvalue weighted by molar-refractivity contribution is -0.116. The van der Waals surface area contributed by atoms with Crippen LogP contribution in [-0.4, -0.2) is 23.1 Å². The molecule has 1 N–H and O–H groups in total. The van der Waals surface area contributed by atoms with Gasteiger partial charge in [0.15, 0.2) is 0 Å². The van der Waals surface area contributed by atoms with E-state index >= 15 is 0 Å². The Morgan fingerprint density at radius 3 is 2.60 bits per heavy atom. The standard InChI is InChI=1S/C19H17ClN2O3/c1-2-25-19(24)13-3-6-16(7-4-13)21-18(23)12-22-10-9-14-11-15(20)5-8-17(14)22/h3-11H,2,12H2,1H3,(H,21,23). The highest BCUT2D eigenvalue weighted by atomic mass is 35.5. The molecule has 0 fully saturated rings. The van der Waals surface area contributed by atoms with E-state index in [4.69, 9.17) is 16.3 Å². The molecular weight excluding hydrogens is 340 g/mol. The highest BCUT2D eigenvalue weighted by molar-refractivity contribution is 6.31. The third-order valence-corrected chi connectivity index (χ3v) is 3.96. The summed E-state index contributed by atoms with van der Waals surface area (Å²) in [6.45, 7) is 2.27. The van der Waals surface area contributed by atoms with E-state index in [1.807, 2.05) is 29.0 Å². The van der Waals surface area contributed by atoms with Crippen molar-refractivity contribution in [3.05, 3.63) is 65.3 Å². The van der Waals surface area contributed by atoms with Gasteiger partial charge in [0.25, 0.3) is 0 Å². The van der Waals surface area contributed by atoms with Gasteiger partial charge in [-0.2, -0.15) is 0 Å². The summed E-state index contributed by atoms with van der Waals surface area (Å²) in [6.07, 6.45) is 1.85. The van der Waals surface area contributed by atoms with Gasteiger partial charge in [0.05, 0.1) is 12.2 Å². The Morgan fingerprint density at radius 1 is 1.12 bits per heavy atom. The molecule has 0 saturated heterocycles. The van der Waals surface area contributed by atoms with Crippen LogP contribution in [0.15, 0.2) is 54.7 Å². The van der Waals surface area contributed by atoms with Crippen molar-refractivity contribution < 1.29 is 14.3 Å². The van der Waals surface area contributed by atoms with Gasteiger partial charge in [-0.15, -0.1) is 0 Å². The number of anilines is 1. The Balaban J connectivity index is 1.66. The molecule has 0 radical (unpaired) electrons. The molecule has 1 heterocycles. The smallest absolute Gasteiger partial charge is 0.338 e. The van der Waals surface area contributed by atoms with E-state index in [0.29, 0.717) is 22.9 Å². The average Bonchev–Trinajstić information content (AvgIpc) is 2.97. The van der Waals surface area contributed by atoms with Gasteiger partial charge < -0.3 is 14.6 Å². The average molecular weight is 357 g/mol. The minimum absolute atomic E-state index is 0.156. The first-order valence-corrected chi connectivity index (χ1v) is 8.26. The van der Waals surface area contributed by atoms with Crippen LogP contribution in [0.2, 0.25) is 5.02 Å². The van der Waals surface area contributed by atoms with Crippen molar-refractivity contribution in [2.75, 3.05) is 11.9 Å². The van der Waals surface area contributed by atoms with Gasteiger partial charge >= 0.3 is 5.97 Å². The molecule has 25 heavy (non-hydrogen) atoms. The lowest BCUT2D eigenvalue weighted by Gasteiger charge is -2.08. The van der Waals surface area contributed by atoms with Gasteiger partial charge in [-0.3, -0.25) is 4.79 Å². The fraction of sp³-hybridized carbons (Fsp3) is 0.158. The number of amides is 1. The molecule has 0 aliphatic heterocycles. The van der Waals surface area contributed by atoms with Crippen molar-refractivity contribution in [1.29, 1.82) is 0 Å². The Hall–Kier alpha value is -2.79. The fourth-order valence-electron chi connectivity index (χ4n) is 2.57. The number of fused-ring (bicyclic) bond motifs is 1. The molecule has 1 aromatic heterocycles. The van der Waals surface area contributed by atoms with Crippen LogP contribution in [-0.2, 0) is 16.1 Å².